The average Bonchev–Trinajstić information content (AvgIpc) is 2.39. The Bertz CT molecular complexity index is 624. The summed E-state index contributed by atoms with van der Waals surface area (Å²) in [6, 6.07) is 14.8. The molecule has 0 saturated carbocycles. The van der Waals surface area contributed by atoms with Gasteiger partial charge in [-0.05, 0) is 24.3 Å². The van der Waals surface area contributed by atoms with E-state index in [0.29, 0.717) is 0 Å². The monoisotopic (exact) mass is 263 g/mol. The van der Waals surface area contributed by atoms with Crippen molar-refractivity contribution in [2.24, 2.45) is 0 Å². The number of hydrogen-bond acceptors (Lipinski definition) is 4. The summed E-state index contributed by atoms with van der Waals surface area (Å²) in [4.78, 5) is 0.139. The molecule has 94 valence electrons. The smallest absolute Gasteiger partial charge is 0.339 e. The molecule has 0 heterocycles. The minimum atomic E-state index is -3.77. The molecule has 0 aliphatic rings. The molecule has 0 saturated heterocycles. The third kappa shape index (κ3) is 2.81. The van der Waals surface area contributed by atoms with Crippen molar-refractivity contribution >= 4 is 15.8 Å². The highest BCUT2D eigenvalue weighted by atomic mass is 32.2. The maximum atomic E-state index is 12.0. The molecule has 0 bridgehead atoms. The number of benzene rings is 2. The number of rotatable bonds is 4. The minimum absolute atomic E-state index is 0.139. The van der Waals surface area contributed by atoms with Gasteiger partial charge in [0.05, 0.1) is 0 Å². The van der Waals surface area contributed by atoms with Crippen molar-refractivity contribution in [1.82, 2.24) is 0 Å². The van der Waals surface area contributed by atoms with Gasteiger partial charge in [0.2, 0.25) is 0 Å². The van der Waals surface area contributed by atoms with E-state index in [4.69, 9.17) is 4.18 Å². The molecule has 1 N–H and O–H groups in total. The molecule has 0 radical (unpaired) electrons. The second-order valence-electron chi connectivity index (χ2n) is 3.63. The third-order valence-electron chi connectivity index (χ3n) is 2.36. The maximum absolute atomic E-state index is 12.0. The highest BCUT2D eigenvalue weighted by Gasteiger charge is 2.15. The van der Waals surface area contributed by atoms with E-state index >= 15 is 0 Å². The molecular formula is C13H13NO3S. The highest BCUT2D eigenvalue weighted by molar-refractivity contribution is 7.87. The summed E-state index contributed by atoms with van der Waals surface area (Å²) in [7, 11) is -2.01. The van der Waals surface area contributed by atoms with Gasteiger partial charge in [0.15, 0.2) is 0 Å². The van der Waals surface area contributed by atoms with Crippen molar-refractivity contribution in [1.29, 1.82) is 0 Å². The zero-order valence-corrected chi connectivity index (χ0v) is 10.6. The second kappa shape index (κ2) is 5.10. The Hall–Kier alpha value is -2.01. The molecule has 0 atom stereocenters. The van der Waals surface area contributed by atoms with Gasteiger partial charge in [0.1, 0.15) is 10.6 Å². The van der Waals surface area contributed by atoms with Crippen LogP contribution >= 0.6 is 0 Å². The van der Waals surface area contributed by atoms with Crippen molar-refractivity contribution < 1.29 is 12.6 Å². The molecule has 0 spiro atoms. The fourth-order valence-electron chi connectivity index (χ4n) is 1.47. The number of hydrogen-bond donors (Lipinski definition) is 1. The summed E-state index contributed by atoms with van der Waals surface area (Å²) in [5.41, 5.74) is 0.788. The van der Waals surface area contributed by atoms with Crippen molar-refractivity contribution in [2.45, 2.75) is 4.90 Å². The molecule has 4 nitrogen and oxygen atoms in total. The van der Waals surface area contributed by atoms with Crippen molar-refractivity contribution in [3.05, 3.63) is 54.6 Å². The topological polar surface area (TPSA) is 55.4 Å². The number of anilines is 1. The lowest BCUT2D eigenvalue weighted by atomic mass is 10.3. The molecular weight excluding hydrogens is 250 g/mol. The van der Waals surface area contributed by atoms with Crippen molar-refractivity contribution in [3.63, 3.8) is 0 Å². The molecule has 2 aromatic rings. The van der Waals surface area contributed by atoms with Crippen LogP contribution in [0.5, 0.6) is 5.75 Å². The standard InChI is InChI=1S/C13H13NO3S/c1-14-11-6-5-7-12(10-11)17-18(15,16)13-8-3-2-4-9-13/h2-10,14H,1H3. The van der Waals surface area contributed by atoms with Crippen LogP contribution in [0.4, 0.5) is 5.69 Å². The summed E-state index contributed by atoms with van der Waals surface area (Å²) in [5.74, 6) is 0.283. The molecule has 5 heteroatoms. The van der Waals surface area contributed by atoms with E-state index in [1.54, 1.807) is 43.4 Å². The zero-order valence-electron chi connectivity index (χ0n) is 9.83. The molecule has 0 aromatic heterocycles. The lowest BCUT2D eigenvalue weighted by Crippen LogP contribution is -2.09. The van der Waals surface area contributed by atoms with Crippen LogP contribution in [0.1, 0.15) is 0 Å². The maximum Gasteiger partial charge on any atom is 0.339 e. The zero-order chi connectivity index (χ0) is 13.0. The van der Waals surface area contributed by atoms with Gasteiger partial charge in [-0.2, -0.15) is 8.42 Å². The fourth-order valence-corrected chi connectivity index (χ4v) is 2.41. The van der Waals surface area contributed by atoms with Gasteiger partial charge in [0, 0.05) is 18.8 Å². The van der Waals surface area contributed by atoms with E-state index in [9.17, 15) is 8.42 Å². The van der Waals surface area contributed by atoms with Crippen LogP contribution in [0.2, 0.25) is 0 Å². The molecule has 18 heavy (non-hydrogen) atoms. The first-order valence-corrected chi connectivity index (χ1v) is 6.80. The molecule has 2 aromatic carbocycles. The lowest BCUT2D eigenvalue weighted by Gasteiger charge is -2.08. The highest BCUT2D eigenvalue weighted by Crippen LogP contribution is 2.21. The summed E-state index contributed by atoms with van der Waals surface area (Å²) in [6.45, 7) is 0. The van der Waals surface area contributed by atoms with Crippen LogP contribution < -0.4 is 9.50 Å². The van der Waals surface area contributed by atoms with Crippen molar-refractivity contribution in [2.75, 3.05) is 12.4 Å². The molecule has 0 aliphatic heterocycles. The Morgan fingerprint density at radius 1 is 1.00 bits per heavy atom. The van der Waals surface area contributed by atoms with E-state index < -0.39 is 10.1 Å². The van der Waals surface area contributed by atoms with Crippen LogP contribution in [0.3, 0.4) is 0 Å². The van der Waals surface area contributed by atoms with Crippen LogP contribution in [0.25, 0.3) is 0 Å². The van der Waals surface area contributed by atoms with Crippen LogP contribution in [0, 0.1) is 0 Å². The largest absolute Gasteiger partial charge is 0.388 e. The summed E-state index contributed by atoms with van der Waals surface area (Å²) in [6.07, 6.45) is 0. The van der Waals surface area contributed by atoms with Gasteiger partial charge < -0.3 is 9.50 Å². The van der Waals surface area contributed by atoms with E-state index in [0.717, 1.165) is 5.69 Å². The summed E-state index contributed by atoms with van der Waals surface area (Å²) < 4.78 is 29.0. The van der Waals surface area contributed by atoms with Gasteiger partial charge >= 0.3 is 10.1 Å². The van der Waals surface area contributed by atoms with Gasteiger partial charge in [0.25, 0.3) is 0 Å². The second-order valence-corrected chi connectivity index (χ2v) is 5.17. The van der Waals surface area contributed by atoms with E-state index in [-0.39, 0.29) is 10.6 Å². The molecule has 0 amide bonds. The molecule has 0 aliphatic carbocycles. The van der Waals surface area contributed by atoms with Gasteiger partial charge in [-0.3, -0.25) is 0 Å². The van der Waals surface area contributed by atoms with Gasteiger partial charge in [-0.25, -0.2) is 0 Å². The molecule has 0 unspecified atom stereocenters. The quantitative estimate of drug-likeness (QED) is 0.861. The minimum Gasteiger partial charge on any atom is -0.388 e. The predicted octanol–water partition coefficient (Wildman–Crippen LogP) is 2.50. The summed E-state index contributed by atoms with van der Waals surface area (Å²) in [5, 5.41) is 2.92. The fraction of sp³-hybridized carbons (Fsp3) is 0.0769. The predicted molar refractivity (Wildman–Crippen MR) is 70.2 cm³/mol. The van der Waals surface area contributed by atoms with Crippen LogP contribution in [0.15, 0.2) is 59.5 Å². The first kappa shape index (κ1) is 12.4. The first-order valence-electron chi connectivity index (χ1n) is 5.39. The first-order chi connectivity index (χ1) is 8.62. The van der Waals surface area contributed by atoms with Crippen molar-refractivity contribution in [3.8, 4) is 5.75 Å². The molecule has 0 fully saturated rings. The summed E-state index contributed by atoms with van der Waals surface area (Å²) >= 11 is 0. The van der Waals surface area contributed by atoms with E-state index in [1.807, 2.05) is 6.07 Å². The normalized spacial score (nSPS) is 10.9. The van der Waals surface area contributed by atoms with E-state index in [1.165, 1.54) is 12.1 Å². The Labute approximate surface area is 106 Å². The van der Waals surface area contributed by atoms with Crippen LogP contribution in [-0.4, -0.2) is 15.5 Å². The van der Waals surface area contributed by atoms with Crippen LogP contribution in [-0.2, 0) is 10.1 Å². The molecule has 2 rings (SSSR count). The number of nitrogens with one attached hydrogen (secondary N) is 1. The Balaban J connectivity index is 2.28. The third-order valence-corrected chi connectivity index (χ3v) is 3.62. The average molecular weight is 263 g/mol. The Morgan fingerprint density at radius 3 is 2.39 bits per heavy atom. The Kier molecular flexibility index (Phi) is 3.53. The van der Waals surface area contributed by atoms with Gasteiger partial charge in [-0.1, -0.05) is 24.3 Å². The Morgan fingerprint density at radius 2 is 1.72 bits per heavy atom. The SMILES string of the molecule is CNc1cccc(OS(=O)(=O)c2ccccc2)c1. The van der Waals surface area contributed by atoms with Gasteiger partial charge in [-0.15, -0.1) is 0 Å². The lowest BCUT2D eigenvalue weighted by molar-refractivity contribution is 0.486. The van der Waals surface area contributed by atoms with E-state index in [2.05, 4.69) is 5.32 Å².